The first-order chi connectivity index (χ1) is 20.3. The van der Waals surface area contributed by atoms with Gasteiger partial charge in [0.1, 0.15) is 0 Å². The third-order valence-corrected chi connectivity index (χ3v) is 7.69. The molecule has 1 N–H and O–H groups in total. The maximum absolute atomic E-state index is 12.8. The van der Waals surface area contributed by atoms with Crippen molar-refractivity contribution in [3.8, 4) is 0 Å². The van der Waals surface area contributed by atoms with E-state index in [4.69, 9.17) is 4.74 Å². The number of nitrogens with one attached hydrogen (secondary N) is 1. The number of esters is 1. The third-order valence-electron chi connectivity index (χ3n) is 7.16. The van der Waals surface area contributed by atoms with E-state index in [0.29, 0.717) is 30.8 Å². The van der Waals surface area contributed by atoms with Gasteiger partial charge >= 0.3 is 5.97 Å². The zero-order valence-electron chi connectivity index (χ0n) is 24.5. The molecule has 0 spiro atoms. The third kappa shape index (κ3) is 7.56. The van der Waals surface area contributed by atoms with Gasteiger partial charge in [0.2, 0.25) is 0 Å². The minimum absolute atomic E-state index is 0.0975. The summed E-state index contributed by atoms with van der Waals surface area (Å²) >= 11 is 3.44. The second kappa shape index (κ2) is 14.6. The summed E-state index contributed by atoms with van der Waals surface area (Å²) in [6.45, 7) is 11.4. The van der Waals surface area contributed by atoms with Crippen LogP contribution >= 0.6 is 15.9 Å². The van der Waals surface area contributed by atoms with E-state index < -0.39 is 0 Å². The molecule has 0 unspecified atom stereocenters. The van der Waals surface area contributed by atoms with Crippen LogP contribution in [0.2, 0.25) is 0 Å². The predicted molar refractivity (Wildman–Crippen MR) is 175 cm³/mol. The molecule has 0 aliphatic rings. The van der Waals surface area contributed by atoms with Crippen LogP contribution in [-0.2, 0) is 22.6 Å². The van der Waals surface area contributed by atoms with Gasteiger partial charge in [-0.25, -0.2) is 4.79 Å². The van der Waals surface area contributed by atoms with E-state index in [-0.39, 0.29) is 11.9 Å². The van der Waals surface area contributed by atoms with Crippen LogP contribution in [0.25, 0.3) is 16.5 Å². The molecule has 1 amide bonds. The Labute approximate surface area is 256 Å². The molecule has 0 saturated heterocycles. The van der Waals surface area contributed by atoms with Crippen LogP contribution in [0.15, 0.2) is 108 Å². The highest BCUT2D eigenvalue weighted by atomic mass is 79.9. The molecule has 0 aliphatic carbocycles. The molecule has 3 aromatic carbocycles. The minimum Gasteiger partial charge on any atom is -0.462 e. The number of aromatic nitrogens is 1. The Morgan fingerprint density at radius 2 is 1.67 bits per heavy atom. The van der Waals surface area contributed by atoms with Crippen molar-refractivity contribution in [1.82, 2.24) is 9.88 Å². The number of benzene rings is 3. The van der Waals surface area contributed by atoms with Crippen molar-refractivity contribution in [2.45, 2.75) is 46.7 Å². The molecule has 6 heteroatoms. The number of aryl methyl sites for hydroxylation is 1. The Hall–Kier alpha value is -4.16. The number of hydrogen-bond donors (Lipinski definition) is 1. The Morgan fingerprint density at radius 1 is 0.976 bits per heavy atom. The van der Waals surface area contributed by atoms with Crippen molar-refractivity contribution < 1.29 is 14.3 Å². The first-order valence-corrected chi connectivity index (χ1v) is 15.0. The van der Waals surface area contributed by atoms with Gasteiger partial charge in [-0.3, -0.25) is 4.79 Å². The summed E-state index contributed by atoms with van der Waals surface area (Å²) in [4.78, 5) is 25.6. The molecule has 1 heterocycles. The smallest absolute Gasteiger partial charge is 0.338 e. The lowest BCUT2D eigenvalue weighted by Crippen LogP contribution is -2.22. The molecular weight excluding hydrogens is 588 g/mol. The summed E-state index contributed by atoms with van der Waals surface area (Å²) in [7, 11) is 0. The van der Waals surface area contributed by atoms with Gasteiger partial charge in [-0.15, -0.1) is 0 Å². The summed E-state index contributed by atoms with van der Waals surface area (Å²) in [5, 5.41) is 4.04. The summed E-state index contributed by atoms with van der Waals surface area (Å²) in [5.74, 6) is -0.434. The lowest BCUT2D eigenvalue weighted by Gasteiger charge is -2.14. The van der Waals surface area contributed by atoms with Crippen molar-refractivity contribution in [2.75, 3.05) is 6.61 Å². The topological polar surface area (TPSA) is 60.3 Å². The number of hydrogen-bond acceptors (Lipinski definition) is 3. The van der Waals surface area contributed by atoms with Gasteiger partial charge < -0.3 is 14.6 Å². The number of amides is 1. The van der Waals surface area contributed by atoms with Crippen molar-refractivity contribution in [1.29, 1.82) is 0 Å². The standard InChI is InChI=1S/C36H37BrN2O3/c1-5-8-20-42-36(41)33(9-6-2)32(7-3)28-14-10-27(11-15-28)24-39-25(4)21-30-22-29(16-19-34(30)39)35(40)38-23-26-12-17-31(37)18-13-26/h6-7,9-19,21-22H,2,5,8,20,23-24H2,1,3-4H3,(H,38,40)/b32-7-,33-9+. The molecule has 4 rings (SSSR count). The average Bonchev–Trinajstić information content (AvgIpc) is 3.31. The Bertz CT molecular complexity index is 1630. The number of halogens is 1. The van der Waals surface area contributed by atoms with Crippen LogP contribution in [-0.4, -0.2) is 23.1 Å². The lowest BCUT2D eigenvalue weighted by atomic mass is 9.96. The van der Waals surface area contributed by atoms with E-state index in [1.165, 1.54) is 0 Å². The molecule has 4 aromatic rings. The number of carbonyl (C=O) groups is 2. The largest absolute Gasteiger partial charge is 0.462 e. The maximum Gasteiger partial charge on any atom is 0.338 e. The van der Waals surface area contributed by atoms with Crippen molar-refractivity contribution in [3.05, 3.63) is 136 Å². The zero-order valence-corrected chi connectivity index (χ0v) is 26.0. The number of nitrogens with zero attached hydrogens (tertiary/aromatic N) is 1. The highest BCUT2D eigenvalue weighted by molar-refractivity contribution is 9.10. The van der Waals surface area contributed by atoms with Gasteiger partial charge in [0.25, 0.3) is 5.91 Å². The Morgan fingerprint density at radius 3 is 2.33 bits per heavy atom. The van der Waals surface area contributed by atoms with Gasteiger partial charge in [0.05, 0.1) is 12.2 Å². The summed E-state index contributed by atoms with van der Waals surface area (Å²) < 4.78 is 8.74. The van der Waals surface area contributed by atoms with E-state index in [2.05, 4.69) is 64.4 Å². The highest BCUT2D eigenvalue weighted by Crippen LogP contribution is 2.27. The van der Waals surface area contributed by atoms with Crippen LogP contribution < -0.4 is 5.32 Å². The first kappa shape index (κ1) is 30.8. The molecule has 0 radical (unpaired) electrons. The average molecular weight is 626 g/mol. The van der Waals surface area contributed by atoms with Crippen LogP contribution in [0.4, 0.5) is 0 Å². The second-order valence-electron chi connectivity index (χ2n) is 10.2. The minimum atomic E-state index is -0.337. The molecule has 5 nitrogen and oxygen atoms in total. The molecule has 0 saturated carbocycles. The van der Waals surface area contributed by atoms with Crippen molar-refractivity contribution >= 4 is 44.3 Å². The first-order valence-electron chi connectivity index (χ1n) is 14.2. The van der Waals surface area contributed by atoms with Gasteiger partial charge in [-0.05, 0) is 85.0 Å². The molecule has 1 aromatic heterocycles. The van der Waals surface area contributed by atoms with E-state index in [1.54, 1.807) is 12.2 Å². The number of ether oxygens (including phenoxy) is 1. The van der Waals surface area contributed by atoms with E-state index >= 15 is 0 Å². The van der Waals surface area contributed by atoms with Crippen molar-refractivity contribution in [3.63, 3.8) is 0 Å². The fraction of sp³-hybridized carbons (Fsp3) is 0.222. The normalized spacial score (nSPS) is 11.9. The van der Waals surface area contributed by atoms with Crippen LogP contribution in [0.5, 0.6) is 0 Å². The second-order valence-corrected chi connectivity index (χ2v) is 11.1. The van der Waals surface area contributed by atoms with Crippen molar-refractivity contribution in [2.24, 2.45) is 0 Å². The van der Waals surface area contributed by atoms with Gasteiger partial charge in [0, 0.05) is 39.7 Å². The molecule has 0 aliphatic heterocycles. The molecule has 0 bridgehead atoms. The van der Waals surface area contributed by atoms with Crippen LogP contribution in [0, 0.1) is 6.92 Å². The van der Waals surface area contributed by atoms with E-state index in [0.717, 1.165) is 56.2 Å². The van der Waals surface area contributed by atoms with E-state index in [1.807, 2.05) is 67.6 Å². The number of unbranched alkanes of at least 4 members (excludes halogenated alkanes) is 1. The Kier molecular flexibility index (Phi) is 10.7. The van der Waals surface area contributed by atoms with Crippen LogP contribution in [0.1, 0.15) is 59.4 Å². The molecule has 0 atom stereocenters. The number of carbonyl (C=O) groups excluding carboxylic acids is 2. The Balaban J connectivity index is 1.48. The van der Waals surface area contributed by atoms with Gasteiger partial charge in [0.15, 0.2) is 0 Å². The number of allylic oxidation sites excluding steroid dienone is 3. The fourth-order valence-electron chi connectivity index (χ4n) is 4.87. The molecule has 216 valence electrons. The molecule has 0 fully saturated rings. The van der Waals surface area contributed by atoms with E-state index in [9.17, 15) is 9.59 Å². The van der Waals surface area contributed by atoms with Crippen LogP contribution in [0.3, 0.4) is 0 Å². The SMILES string of the molecule is C=C/C=C(C(=O)OCCCC)\C(=C/C)c1ccc(Cn2c(C)cc3cc(C(=O)NCc4ccc(Br)cc4)ccc32)cc1. The number of rotatable bonds is 12. The lowest BCUT2D eigenvalue weighted by molar-refractivity contribution is -0.138. The molecule has 42 heavy (non-hydrogen) atoms. The van der Waals surface area contributed by atoms with Gasteiger partial charge in [-0.1, -0.05) is 84.4 Å². The predicted octanol–water partition coefficient (Wildman–Crippen LogP) is 8.55. The summed E-state index contributed by atoms with van der Waals surface area (Å²) in [5.41, 5.74) is 7.25. The summed E-state index contributed by atoms with van der Waals surface area (Å²) in [6, 6.07) is 24.1. The molecular formula is C36H37BrN2O3. The maximum atomic E-state index is 12.8. The zero-order chi connectivity index (χ0) is 30.1. The highest BCUT2D eigenvalue weighted by Gasteiger charge is 2.17. The fourth-order valence-corrected chi connectivity index (χ4v) is 5.13. The monoisotopic (exact) mass is 624 g/mol. The summed E-state index contributed by atoms with van der Waals surface area (Å²) in [6.07, 6.45) is 7.06. The number of fused-ring (bicyclic) bond motifs is 1. The quantitative estimate of drug-likeness (QED) is 0.0743. The van der Waals surface area contributed by atoms with Gasteiger partial charge in [-0.2, -0.15) is 0 Å².